The lowest BCUT2D eigenvalue weighted by Crippen LogP contribution is -2.35. The summed E-state index contributed by atoms with van der Waals surface area (Å²) < 4.78 is 0. The lowest BCUT2D eigenvalue weighted by atomic mass is 10.1. The lowest BCUT2D eigenvalue weighted by Gasteiger charge is -2.20. The molecule has 0 unspecified atom stereocenters. The highest BCUT2D eigenvalue weighted by atomic mass is 35.5. The first-order chi connectivity index (χ1) is 9.44. The number of hydrogen-bond donors (Lipinski definition) is 1. The average molecular weight is 308 g/mol. The Morgan fingerprint density at radius 3 is 2.50 bits per heavy atom. The molecule has 0 amide bonds. The van der Waals surface area contributed by atoms with Crippen molar-refractivity contribution in [2.45, 2.75) is 42.9 Å². The van der Waals surface area contributed by atoms with Gasteiger partial charge in [-0.2, -0.15) is 0 Å². The molecule has 0 fully saturated rings. The topological polar surface area (TPSA) is 37.8 Å². The molecule has 0 radical (unpaired) electrons. The second-order valence-corrected chi connectivity index (χ2v) is 6.92. The van der Waals surface area contributed by atoms with Gasteiger partial charge < -0.3 is 5.32 Å². The molecule has 1 aromatic heterocycles. The van der Waals surface area contributed by atoms with Gasteiger partial charge in [-0.05, 0) is 56.3 Å². The minimum absolute atomic E-state index is 0.0950. The average Bonchev–Trinajstić information content (AvgIpc) is 2.40. The summed E-state index contributed by atoms with van der Waals surface area (Å²) in [6, 6.07) is 7.89. The normalized spacial score (nSPS) is 11.6. The molecule has 0 aliphatic heterocycles. The lowest BCUT2D eigenvalue weighted by molar-refractivity contribution is 0.424. The van der Waals surface area contributed by atoms with Gasteiger partial charge in [-0.25, -0.2) is 9.97 Å². The van der Waals surface area contributed by atoms with Gasteiger partial charge in [0.15, 0.2) is 5.16 Å². The molecule has 1 aromatic carbocycles. The molecule has 0 aliphatic carbocycles. The van der Waals surface area contributed by atoms with E-state index in [0.29, 0.717) is 5.16 Å². The maximum Gasteiger partial charge on any atom is 0.192 e. The van der Waals surface area contributed by atoms with E-state index in [-0.39, 0.29) is 5.54 Å². The van der Waals surface area contributed by atoms with Crippen LogP contribution in [0.25, 0.3) is 0 Å². The van der Waals surface area contributed by atoms with Gasteiger partial charge >= 0.3 is 0 Å². The van der Waals surface area contributed by atoms with Crippen LogP contribution in [0.5, 0.6) is 0 Å². The first kappa shape index (κ1) is 15.3. The Kier molecular flexibility index (Phi) is 5.02. The fourth-order valence-electron chi connectivity index (χ4n) is 1.54. The summed E-state index contributed by atoms with van der Waals surface area (Å²) in [7, 11) is 0. The first-order valence-corrected chi connectivity index (χ1v) is 7.62. The third-order valence-corrected chi connectivity index (χ3v) is 3.96. The standard InChI is InChI=1S/C15H18ClN3S/c1-15(2,3)19-10-11-5-6-13(12(16)9-11)20-14-17-7-4-8-18-14/h4-9,19H,10H2,1-3H3. The van der Waals surface area contributed by atoms with Crippen molar-refractivity contribution >= 4 is 23.4 Å². The molecule has 0 saturated carbocycles. The Bertz CT molecular complexity index is 567. The van der Waals surface area contributed by atoms with Gasteiger partial charge in [0.05, 0.1) is 5.02 Å². The Hall–Kier alpha value is -1.10. The van der Waals surface area contributed by atoms with E-state index in [1.54, 1.807) is 18.5 Å². The molecule has 0 spiro atoms. The van der Waals surface area contributed by atoms with E-state index in [1.165, 1.54) is 17.3 Å². The van der Waals surface area contributed by atoms with Crippen LogP contribution in [-0.2, 0) is 6.54 Å². The molecule has 1 N–H and O–H groups in total. The second-order valence-electron chi connectivity index (χ2n) is 5.50. The van der Waals surface area contributed by atoms with Crippen LogP contribution >= 0.6 is 23.4 Å². The number of rotatable bonds is 4. The van der Waals surface area contributed by atoms with Crippen LogP contribution in [0.4, 0.5) is 0 Å². The van der Waals surface area contributed by atoms with Crippen LogP contribution in [-0.4, -0.2) is 15.5 Å². The molecule has 20 heavy (non-hydrogen) atoms. The molecule has 2 aromatic rings. The maximum atomic E-state index is 6.33. The van der Waals surface area contributed by atoms with Crippen LogP contribution < -0.4 is 5.32 Å². The Labute approximate surface area is 129 Å². The number of benzene rings is 1. The van der Waals surface area contributed by atoms with Gasteiger partial charge in [0, 0.05) is 29.4 Å². The molecular weight excluding hydrogens is 290 g/mol. The van der Waals surface area contributed by atoms with Crippen molar-refractivity contribution in [1.29, 1.82) is 0 Å². The SMILES string of the molecule is CC(C)(C)NCc1ccc(Sc2ncccn2)c(Cl)c1. The molecule has 1 heterocycles. The minimum atomic E-state index is 0.0950. The van der Waals surface area contributed by atoms with Crippen LogP contribution in [0.2, 0.25) is 5.02 Å². The summed E-state index contributed by atoms with van der Waals surface area (Å²) in [6.45, 7) is 7.23. The van der Waals surface area contributed by atoms with E-state index >= 15 is 0 Å². The highest BCUT2D eigenvalue weighted by Gasteiger charge is 2.10. The molecule has 5 heteroatoms. The summed E-state index contributed by atoms with van der Waals surface area (Å²) in [6.07, 6.45) is 3.45. The highest BCUT2D eigenvalue weighted by molar-refractivity contribution is 7.99. The maximum absolute atomic E-state index is 6.33. The van der Waals surface area contributed by atoms with E-state index in [2.05, 4.69) is 42.1 Å². The molecule has 0 aliphatic rings. The molecule has 0 saturated heterocycles. The van der Waals surface area contributed by atoms with Gasteiger partial charge in [-0.3, -0.25) is 0 Å². The van der Waals surface area contributed by atoms with Gasteiger partial charge in [-0.15, -0.1) is 0 Å². The molecule has 2 rings (SSSR count). The minimum Gasteiger partial charge on any atom is -0.308 e. The summed E-state index contributed by atoms with van der Waals surface area (Å²) >= 11 is 7.80. The Morgan fingerprint density at radius 1 is 1.20 bits per heavy atom. The molecule has 0 bridgehead atoms. The van der Waals surface area contributed by atoms with E-state index in [0.717, 1.165) is 16.5 Å². The van der Waals surface area contributed by atoms with Crippen molar-refractivity contribution in [3.8, 4) is 0 Å². The van der Waals surface area contributed by atoms with Crippen LogP contribution in [0.3, 0.4) is 0 Å². The Morgan fingerprint density at radius 2 is 1.90 bits per heavy atom. The number of nitrogens with one attached hydrogen (secondary N) is 1. The summed E-state index contributed by atoms with van der Waals surface area (Å²) in [4.78, 5) is 9.34. The molecular formula is C15H18ClN3S. The van der Waals surface area contributed by atoms with Crippen LogP contribution in [0, 0.1) is 0 Å². The smallest absolute Gasteiger partial charge is 0.192 e. The molecule has 0 atom stereocenters. The van der Waals surface area contributed by atoms with E-state index in [1.807, 2.05) is 12.1 Å². The van der Waals surface area contributed by atoms with Crippen molar-refractivity contribution in [3.05, 3.63) is 47.2 Å². The summed E-state index contributed by atoms with van der Waals surface area (Å²) in [5.41, 5.74) is 1.26. The van der Waals surface area contributed by atoms with E-state index < -0.39 is 0 Å². The van der Waals surface area contributed by atoms with Crippen LogP contribution in [0.1, 0.15) is 26.3 Å². The number of halogens is 1. The van der Waals surface area contributed by atoms with Crippen molar-refractivity contribution in [3.63, 3.8) is 0 Å². The zero-order valence-electron chi connectivity index (χ0n) is 11.9. The predicted molar refractivity (Wildman–Crippen MR) is 84.2 cm³/mol. The predicted octanol–water partition coefficient (Wildman–Crippen LogP) is 4.17. The summed E-state index contributed by atoms with van der Waals surface area (Å²) in [5.74, 6) is 0. The first-order valence-electron chi connectivity index (χ1n) is 6.42. The van der Waals surface area contributed by atoms with Gasteiger partial charge in [-0.1, -0.05) is 17.7 Å². The van der Waals surface area contributed by atoms with Crippen molar-refractivity contribution in [1.82, 2.24) is 15.3 Å². The number of aromatic nitrogens is 2. The third kappa shape index (κ3) is 4.78. The zero-order chi connectivity index (χ0) is 14.6. The van der Waals surface area contributed by atoms with Crippen molar-refractivity contribution in [2.24, 2.45) is 0 Å². The largest absolute Gasteiger partial charge is 0.308 e. The Balaban J connectivity index is 2.06. The molecule has 3 nitrogen and oxygen atoms in total. The van der Waals surface area contributed by atoms with Gasteiger partial charge in [0.25, 0.3) is 0 Å². The van der Waals surface area contributed by atoms with Gasteiger partial charge in [0.1, 0.15) is 0 Å². The highest BCUT2D eigenvalue weighted by Crippen LogP contribution is 2.31. The van der Waals surface area contributed by atoms with Crippen LogP contribution in [0.15, 0.2) is 46.7 Å². The fourth-order valence-corrected chi connectivity index (χ4v) is 2.58. The van der Waals surface area contributed by atoms with Crippen molar-refractivity contribution in [2.75, 3.05) is 0 Å². The second kappa shape index (κ2) is 6.57. The summed E-state index contributed by atoms with van der Waals surface area (Å²) in [5, 5.41) is 4.88. The zero-order valence-corrected chi connectivity index (χ0v) is 13.4. The monoisotopic (exact) mass is 307 g/mol. The number of hydrogen-bond acceptors (Lipinski definition) is 4. The third-order valence-electron chi connectivity index (χ3n) is 2.56. The number of nitrogens with zero attached hydrogens (tertiary/aromatic N) is 2. The fraction of sp³-hybridized carbons (Fsp3) is 0.333. The van der Waals surface area contributed by atoms with Crippen molar-refractivity contribution < 1.29 is 0 Å². The van der Waals surface area contributed by atoms with E-state index in [9.17, 15) is 0 Å². The molecule has 106 valence electrons. The van der Waals surface area contributed by atoms with E-state index in [4.69, 9.17) is 11.6 Å². The quantitative estimate of drug-likeness (QED) is 0.860. The van der Waals surface area contributed by atoms with Gasteiger partial charge in [0.2, 0.25) is 0 Å².